The lowest BCUT2D eigenvalue weighted by Gasteiger charge is -2.08. The lowest BCUT2D eigenvalue weighted by Crippen LogP contribution is -2.26. The molecule has 0 aliphatic carbocycles. The number of hydrogen-bond donors (Lipinski definition) is 1. The third-order valence-corrected chi connectivity index (χ3v) is 3.88. The van der Waals surface area contributed by atoms with E-state index in [4.69, 9.17) is 9.26 Å². The minimum atomic E-state index is -0.0523. The molecule has 0 bridgehead atoms. The van der Waals surface area contributed by atoms with Crippen molar-refractivity contribution in [3.63, 3.8) is 0 Å². The number of amides is 1. The Bertz CT molecular complexity index is 849. The monoisotopic (exact) mass is 352 g/mol. The van der Waals surface area contributed by atoms with Crippen LogP contribution in [0.4, 0.5) is 0 Å². The lowest BCUT2D eigenvalue weighted by atomic mass is 10.1. The fourth-order valence-corrected chi connectivity index (χ4v) is 2.53. The van der Waals surface area contributed by atoms with Crippen LogP contribution in [0.1, 0.15) is 17.9 Å². The van der Waals surface area contributed by atoms with Gasteiger partial charge in [-0.3, -0.25) is 9.78 Å². The van der Waals surface area contributed by atoms with Crippen molar-refractivity contribution < 1.29 is 14.1 Å². The van der Waals surface area contributed by atoms with Gasteiger partial charge in [-0.05, 0) is 30.2 Å². The van der Waals surface area contributed by atoms with Crippen molar-refractivity contribution in [1.82, 2.24) is 20.4 Å². The summed E-state index contributed by atoms with van der Waals surface area (Å²) in [4.78, 5) is 20.2. The number of pyridine rings is 1. The number of para-hydroxylation sites is 1. The van der Waals surface area contributed by atoms with Gasteiger partial charge in [-0.1, -0.05) is 23.4 Å². The van der Waals surface area contributed by atoms with Gasteiger partial charge in [0.05, 0.1) is 7.11 Å². The topological polar surface area (TPSA) is 90.1 Å². The molecule has 0 saturated carbocycles. The number of benzene rings is 1. The van der Waals surface area contributed by atoms with E-state index in [9.17, 15) is 4.79 Å². The molecule has 7 heteroatoms. The molecule has 3 rings (SSSR count). The minimum absolute atomic E-state index is 0.0523. The van der Waals surface area contributed by atoms with Gasteiger partial charge in [0.15, 0.2) is 0 Å². The van der Waals surface area contributed by atoms with Crippen LogP contribution in [0.2, 0.25) is 0 Å². The van der Waals surface area contributed by atoms with Gasteiger partial charge in [0.25, 0.3) is 0 Å². The van der Waals surface area contributed by atoms with E-state index in [2.05, 4.69) is 20.4 Å². The number of nitrogens with one attached hydrogen (secondary N) is 1. The SMILES string of the molecule is COc1ccccc1CCNC(=O)CCc1nc(-c2ccncc2)no1. The molecule has 1 amide bonds. The molecule has 0 aliphatic rings. The van der Waals surface area contributed by atoms with Gasteiger partial charge >= 0.3 is 0 Å². The van der Waals surface area contributed by atoms with E-state index in [1.165, 1.54) is 0 Å². The highest BCUT2D eigenvalue weighted by Crippen LogP contribution is 2.17. The Morgan fingerprint density at radius 2 is 1.96 bits per heavy atom. The van der Waals surface area contributed by atoms with E-state index in [1.807, 2.05) is 24.3 Å². The molecule has 7 nitrogen and oxygen atoms in total. The molecule has 0 atom stereocenters. The van der Waals surface area contributed by atoms with Gasteiger partial charge in [0, 0.05) is 37.3 Å². The molecule has 0 fully saturated rings. The van der Waals surface area contributed by atoms with E-state index < -0.39 is 0 Å². The molecule has 0 radical (unpaired) electrons. The number of ether oxygens (including phenoxy) is 1. The molecule has 134 valence electrons. The number of hydrogen-bond acceptors (Lipinski definition) is 6. The molecule has 2 aromatic heterocycles. The van der Waals surface area contributed by atoms with Gasteiger partial charge in [-0.25, -0.2) is 0 Å². The first kappa shape index (κ1) is 17.6. The fourth-order valence-electron chi connectivity index (χ4n) is 2.53. The van der Waals surface area contributed by atoms with Crippen molar-refractivity contribution in [2.75, 3.05) is 13.7 Å². The summed E-state index contributed by atoms with van der Waals surface area (Å²) in [5.74, 6) is 1.72. The zero-order valence-corrected chi connectivity index (χ0v) is 14.5. The Morgan fingerprint density at radius 3 is 2.77 bits per heavy atom. The van der Waals surface area contributed by atoms with Crippen LogP contribution in [-0.2, 0) is 17.6 Å². The van der Waals surface area contributed by atoms with E-state index in [0.717, 1.165) is 16.9 Å². The third-order valence-electron chi connectivity index (χ3n) is 3.88. The van der Waals surface area contributed by atoms with E-state index in [-0.39, 0.29) is 5.91 Å². The van der Waals surface area contributed by atoms with Gasteiger partial charge in [0.2, 0.25) is 17.6 Å². The van der Waals surface area contributed by atoms with Gasteiger partial charge in [0.1, 0.15) is 5.75 Å². The molecule has 0 unspecified atom stereocenters. The molecule has 26 heavy (non-hydrogen) atoms. The Morgan fingerprint density at radius 1 is 1.15 bits per heavy atom. The highest BCUT2D eigenvalue weighted by Gasteiger charge is 2.10. The summed E-state index contributed by atoms with van der Waals surface area (Å²) in [6.07, 6.45) is 4.74. The lowest BCUT2D eigenvalue weighted by molar-refractivity contribution is -0.121. The molecule has 3 aromatic rings. The number of nitrogens with zero attached hydrogens (tertiary/aromatic N) is 3. The summed E-state index contributed by atoms with van der Waals surface area (Å²) in [6, 6.07) is 11.4. The molecule has 0 spiro atoms. The summed E-state index contributed by atoms with van der Waals surface area (Å²) in [6.45, 7) is 0.547. The number of carbonyl (C=O) groups is 1. The largest absolute Gasteiger partial charge is 0.496 e. The van der Waals surface area contributed by atoms with E-state index >= 15 is 0 Å². The highest BCUT2D eigenvalue weighted by molar-refractivity contribution is 5.76. The maximum atomic E-state index is 12.0. The predicted molar refractivity (Wildman–Crippen MR) is 95.6 cm³/mol. The molecule has 0 aliphatic heterocycles. The summed E-state index contributed by atoms with van der Waals surface area (Å²) in [5.41, 5.74) is 1.89. The number of rotatable bonds is 8. The quantitative estimate of drug-likeness (QED) is 0.670. The van der Waals surface area contributed by atoms with Crippen LogP contribution >= 0.6 is 0 Å². The molecular weight excluding hydrogens is 332 g/mol. The van der Waals surface area contributed by atoms with Crippen LogP contribution in [0.25, 0.3) is 11.4 Å². The van der Waals surface area contributed by atoms with Crippen LogP contribution in [-0.4, -0.2) is 34.7 Å². The van der Waals surface area contributed by atoms with Gasteiger partial charge < -0.3 is 14.6 Å². The molecular formula is C19H20N4O3. The Kier molecular flexibility index (Phi) is 5.92. The minimum Gasteiger partial charge on any atom is -0.496 e. The Hall–Kier alpha value is -3.22. The summed E-state index contributed by atoms with van der Waals surface area (Å²) < 4.78 is 10.5. The van der Waals surface area contributed by atoms with Gasteiger partial charge in [-0.15, -0.1) is 0 Å². The van der Waals surface area contributed by atoms with Crippen molar-refractivity contribution in [2.24, 2.45) is 0 Å². The van der Waals surface area contributed by atoms with E-state index in [0.29, 0.717) is 37.5 Å². The van der Waals surface area contributed by atoms with Crippen LogP contribution in [0.15, 0.2) is 53.3 Å². The second-order valence-electron chi connectivity index (χ2n) is 5.66. The van der Waals surface area contributed by atoms with Crippen LogP contribution in [0.5, 0.6) is 5.75 Å². The second-order valence-corrected chi connectivity index (χ2v) is 5.66. The Balaban J connectivity index is 1.44. The highest BCUT2D eigenvalue weighted by atomic mass is 16.5. The maximum Gasteiger partial charge on any atom is 0.227 e. The number of methoxy groups -OCH3 is 1. The molecule has 2 heterocycles. The van der Waals surface area contributed by atoms with Crippen molar-refractivity contribution >= 4 is 5.91 Å². The predicted octanol–water partition coefficient (Wildman–Crippen LogP) is 2.43. The van der Waals surface area contributed by atoms with E-state index in [1.54, 1.807) is 31.6 Å². The standard InChI is InChI=1S/C19H20N4O3/c1-25-16-5-3-2-4-14(16)10-13-21-17(24)6-7-18-22-19(23-26-18)15-8-11-20-12-9-15/h2-5,8-9,11-12H,6-7,10,13H2,1H3,(H,21,24). The van der Waals surface area contributed by atoms with Crippen LogP contribution in [0.3, 0.4) is 0 Å². The second kappa shape index (κ2) is 8.75. The summed E-state index contributed by atoms with van der Waals surface area (Å²) >= 11 is 0. The normalized spacial score (nSPS) is 10.5. The number of aromatic nitrogens is 3. The third kappa shape index (κ3) is 4.66. The van der Waals surface area contributed by atoms with Crippen LogP contribution in [0, 0.1) is 0 Å². The first-order chi connectivity index (χ1) is 12.8. The number of aryl methyl sites for hydroxylation is 1. The maximum absolute atomic E-state index is 12.0. The van der Waals surface area contributed by atoms with Crippen molar-refractivity contribution in [1.29, 1.82) is 0 Å². The first-order valence-corrected chi connectivity index (χ1v) is 8.38. The average Bonchev–Trinajstić information content (AvgIpc) is 3.16. The summed E-state index contributed by atoms with van der Waals surface area (Å²) in [5, 5.41) is 6.82. The fraction of sp³-hybridized carbons (Fsp3) is 0.263. The Labute approximate surface area is 151 Å². The van der Waals surface area contributed by atoms with Crippen LogP contribution < -0.4 is 10.1 Å². The smallest absolute Gasteiger partial charge is 0.227 e. The average molecular weight is 352 g/mol. The molecule has 1 N–H and O–H groups in total. The zero-order valence-electron chi connectivity index (χ0n) is 14.5. The summed E-state index contributed by atoms with van der Waals surface area (Å²) in [7, 11) is 1.64. The number of carbonyl (C=O) groups excluding carboxylic acids is 1. The molecule has 1 aromatic carbocycles. The van der Waals surface area contributed by atoms with Crippen molar-refractivity contribution in [2.45, 2.75) is 19.3 Å². The van der Waals surface area contributed by atoms with Gasteiger partial charge in [-0.2, -0.15) is 4.98 Å². The van der Waals surface area contributed by atoms with Crippen molar-refractivity contribution in [3.05, 3.63) is 60.2 Å². The zero-order chi connectivity index (χ0) is 18.2. The first-order valence-electron chi connectivity index (χ1n) is 8.38. The van der Waals surface area contributed by atoms with Crippen molar-refractivity contribution in [3.8, 4) is 17.1 Å². The molecule has 0 saturated heterocycles.